The Morgan fingerprint density at radius 1 is 1.20 bits per heavy atom. The van der Waals surface area contributed by atoms with Gasteiger partial charge in [0.15, 0.2) is 0 Å². The zero-order valence-electron chi connectivity index (χ0n) is 11.7. The summed E-state index contributed by atoms with van der Waals surface area (Å²) >= 11 is 0. The number of aliphatic carboxylic acids is 2. The fourth-order valence-corrected chi connectivity index (χ4v) is 1.48. The molecule has 0 aromatic heterocycles. The molecule has 0 radical (unpaired) electrons. The van der Waals surface area contributed by atoms with E-state index in [1.807, 2.05) is 0 Å². The van der Waals surface area contributed by atoms with Crippen LogP contribution < -0.4 is 0 Å². The number of hydrogen-bond acceptors (Lipinski definition) is 4. The molecule has 0 heterocycles. The quantitative estimate of drug-likeness (QED) is 0.420. The number of hydrogen-bond donors (Lipinski definition) is 2. The van der Waals surface area contributed by atoms with Gasteiger partial charge in [-0.05, 0) is 19.4 Å². The van der Waals surface area contributed by atoms with Crippen LogP contribution in [0.15, 0.2) is 34.9 Å². The van der Waals surface area contributed by atoms with Crippen molar-refractivity contribution in [3.05, 3.63) is 34.9 Å². The molecule has 20 heavy (non-hydrogen) atoms. The summed E-state index contributed by atoms with van der Waals surface area (Å²) in [6.07, 6.45) is 1.45. The molecule has 0 fully saturated rings. The third-order valence-electron chi connectivity index (χ3n) is 2.64. The van der Waals surface area contributed by atoms with Gasteiger partial charge in [-0.15, -0.1) is 0 Å². The Kier molecular flexibility index (Phi) is 6.99. The van der Waals surface area contributed by atoms with Gasteiger partial charge in [-0.2, -0.15) is 0 Å². The third-order valence-corrected chi connectivity index (χ3v) is 2.64. The lowest BCUT2D eigenvalue weighted by atomic mass is 9.97. The van der Waals surface area contributed by atoms with Gasteiger partial charge in [-0.3, -0.25) is 0 Å². The molecule has 2 N–H and O–H groups in total. The molecule has 0 aliphatic rings. The molecule has 0 bridgehead atoms. The van der Waals surface area contributed by atoms with Crippen LogP contribution in [0.5, 0.6) is 0 Å². The van der Waals surface area contributed by atoms with Crippen LogP contribution in [0, 0.1) is 0 Å². The van der Waals surface area contributed by atoms with E-state index in [0.29, 0.717) is 12.0 Å². The van der Waals surface area contributed by atoms with E-state index in [4.69, 9.17) is 5.11 Å². The van der Waals surface area contributed by atoms with E-state index in [1.165, 1.54) is 14.0 Å². The first-order valence-corrected chi connectivity index (χ1v) is 5.87. The number of ether oxygens (including phenoxy) is 1. The minimum Gasteiger partial charge on any atom is -0.478 e. The highest BCUT2D eigenvalue weighted by atomic mass is 16.5. The first-order chi connectivity index (χ1) is 9.24. The smallest absolute Gasteiger partial charge is 0.335 e. The predicted octanol–water partition coefficient (Wildman–Crippen LogP) is 1.93. The van der Waals surface area contributed by atoms with Crippen molar-refractivity contribution in [1.29, 1.82) is 0 Å². The van der Waals surface area contributed by atoms with E-state index < -0.39 is 17.9 Å². The maximum absolute atomic E-state index is 11.3. The average Bonchev–Trinajstić information content (AvgIpc) is 2.40. The van der Waals surface area contributed by atoms with Crippen LogP contribution >= 0.6 is 0 Å². The Balaban J connectivity index is 5.60. The number of carbonyl (C=O) groups excluding carboxylic acids is 1. The van der Waals surface area contributed by atoms with E-state index in [-0.39, 0.29) is 23.1 Å². The number of allylic oxidation sites excluding steroid dienone is 1. The van der Waals surface area contributed by atoms with Gasteiger partial charge in [0.25, 0.3) is 0 Å². The summed E-state index contributed by atoms with van der Waals surface area (Å²) in [4.78, 5) is 33.3. The highest BCUT2D eigenvalue weighted by molar-refractivity contribution is 5.95. The Labute approximate surface area is 117 Å². The van der Waals surface area contributed by atoms with Crippen LogP contribution in [0.2, 0.25) is 0 Å². The van der Waals surface area contributed by atoms with Crippen LogP contribution in [0.4, 0.5) is 0 Å². The molecule has 0 aromatic rings. The summed E-state index contributed by atoms with van der Waals surface area (Å²) in [6, 6.07) is 0. The van der Waals surface area contributed by atoms with E-state index >= 15 is 0 Å². The summed E-state index contributed by atoms with van der Waals surface area (Å²) < 4.78 is 4.50. The van der Waals surface area contributed by atoms with Crippen molar-refractivity contribution in [2.45, 2.75) is 26.7 Å². The molecule has 0 amide bonds. The van der Waals surface area contributed by atoms with Crippen LogP contribution in [-0.4, -0.2) is 35.2 Å². The van der Waals surface area contributed by atoms with Crippen molar-refractivity contribution >= 4 is 17.9 Å². The Morgan fingerprint density at radius 2 is 1.75 bits per heavy atom. The number of carbonyl (C=O) groups is 3. The molecule has 0 saturated carbocycles. The van der Waals surface area contributed by atoms with Gasteiger partial charge >= 0.3 is 17.9 Å². The monoisotopic (exact) mass is 282 g/mol. The molecule has 0 spiro atoms. The molecule has 110 valence electrons. The van der Waals surface area contributed by atoms with E-state index in [0.717, 1.165) is 6.08 Å². The van der Waals surface area contributed by atoms with Gasteiger partial charge in [0.05, 0.1) is 12.7 Å². The molecular weight excluding hydrogens is 264 g/mol. The number of esters is 1. The maximum Gasteiger partial charge on any atom is 0.335 e. The first-order valence-electron chi connectivity index (χ1n) is 5.87. The SMILES string of the molecule is C=C(CC(CC)=C(C=C(C)C(=O)O)C(=O)O)C(=O)OC. The molecule has 0 rings (SSSR count). The lowest BCUT2D eigenvalue weighted by Gasteiger charge is -2.10. The summed E-state index contributed by atoms with van der Waals surface area (Å²) in [5.74, 6) is -3.08. The van der Waals surface area contributed by atoms with Crippen molar-refractivity contribution in [3.8, 4) is 0 Å². The van der Waals surface area contributed by atoms with Gasteiger partial charge in [0.2, 0.25) is 0 Å². The van der Waals surface area contributed by atoms with Gasteiger partial charge in [0.1, 0.15) is 0 Å². The van der Waals surface area contributed by atoms with Crippen LogP contribution in [0.1, 0.15) is 26.7 Å². The molecule has 0 aliphatic heterocycles. The van der Waals surface area contributed by atoms with Gasteiger partial charge < -0.3 is 14.9 Å². The fourth-order valence-electron chi connectivity index (χ4n) is 1.48. The molecule has 0 atom stereocenters. The summed E-state index contributed by atoms with van der Waals surface area (Å²) in [5, 5.41) is 18.0. The topological polar surface area (TPSA) is 101 Å². The Bertz CT molecular complexity index is 496. The zero-order chi connectivity index (χ0) is 15.9. The summed E-state index contributed by atoms with van der Waals surface area (Å²) in [7, 11) is 1.20. The highest BCUT2D eigenvalue weighted by Crippen LogP contribution is 2.20. The second-order valence-electron chi connectivity index (χ2n) is 4.08. The number of rotatable bonds is 7. The maximum atomic E-state index is 11.3. The molecule has 6 nitrogen and oxygen atoms in total. The Morgan fingerprint density at radius 3 is 2.10 bits per heavy atom. The van der Waals surface area contributed by atoms with Crippen LogP contribution in [0.25, 0.3) is 0 Å². The zero-order valence-corrected chi connectivity index (χ0v) is 11.7. The van der Waals surface area contributed by atoms with Crippen LogP contribution in [0.3, 0.4) is 0 Å². The van der Waals surface area contributed by atoms with E-state index in [2.05, 4.69) is 11.3 Å². The van der Waals surface area contributed by atoms with E-state index in [1.54, 1.807) is 6.92 Å². The third kappa shape index (κ3) is 5.09. The molecule has 0 aliphatic carbocycles. The fraction of sp³-hybridized carbons (Fsp3) is 0.357. The summed E-state index contributed by atoms with van der Waals surface area (Å²) in [5.41, 5.74) is 0.285. The summed E-state index contributed by atoms with van der Waals surface area (Å²) in [6.45, 7) is 6.54. The number of carboxylic acid groups (broad SMARTS) is 2. The second kappa shape index (κ2) is 7.93. The van der Waals surface area contributed by atoms with Gasteiger partial charge in [-0.25, -0.2) is 14.4 Å². The van der Waals surface area contributed by atoms with Gasteiger partial charge in [-0.1, -0.05) is 19.1 Å². The minimum absolute atomic E-state index is 0.0220. The van der Waals surface area contributed by atoms with Crippen molar-refractivity contribution in [3.63, 3.8) is 0 Å². The van der Waals surface area contributed by atoms with Crippen molar-refractivity contribution in [2.75, 3.05) is 7.11 Å². The minimum atomic E-state index is -1.25. The van der Waals surface area contributed by atoms with Crippen molar-refractivity contribution in [2.24, 2.45) is 0 Å². The largest absolute Gasteiger partial charge is 0.478 e. The van der Waals surface area contributed by atoms with Crippen molar-refractivity contribution in [1.82, 2.24) is 0 Å². The predicted molar refractivity (Wildman–Crippen MR) is 72.1 cm³/mol. The average molecular weight is 282 g/mol. The molecule has 0 aromatic carbocycles. The second-order valence-corrected chi connectivity index (χ2v) is 4.08. The Hall–Kier alpha value is -2.37. The first kappa shape index (κ1) is 17.6. The van der Waals surface area contributed by atoms with Crippen molar-refractivity contribution < 1.29 is 29.3 Å². The highest BCUT2D eigenvalue weighted by Gasteiger charge is 2.16. The van der Waals surface area contributed by atoms with E-state index in [9.17, 15) is 19.5 Å². The number of carboxylic acids is 2. The molecule has 0 saturated heterocycles. The molecular formula is C14H18O6. The molecule has 6 heteroatoms. The normalized spacial score (nSPS) is 12.4. The van der Waals surface area contributed by atoms with Gasteiger partial charge in [0, 0.05) is 17.6 Å². The lowest BCUT2D eigenvalue weighted by molar-refractivity contribution is -0.136. The lowest BCUT2D eigenvalue weighted by Crippen LogP contribution is -2.09. The number of methoxy groups -OCH3 is 1. The standard InChI is InChI=1S/C14H18O6/c1-5-10(6-9(3)14(19)20-4)11(13(17)18)7-8(2)12(15)16/h7H,3,5-6H2,1-2,4H3,(H,15,16)(H,17,18). The molecule has 0 unspecified atom stereocenters. The van der Waals surface area contributed by atoms with Crippen LogP contribution in [-0.2, 0) is 19.1 Å².